The maximum absolute atomic E-state index is 15.2. The summed E-state index contributed by atoms with van der Waals surface area (Å²) in [6.07, 6.45) is 4.78. The van der Waals surface area contributed by atoms with Gasteiger partial charge in [0.05, 0.1) is 23.1 Å². The second-order valence-corrected chi connectivity index (χ2v) is 7.87. The zero-order chi connectivity index (χ0) is 22.1. The van der Waals surface area contributed by atoms with Crippen LogP contribution in [-0.2, 0) is 11.2 Å². The number of aromatic amines is 1. The number of piperidine rings is 1. The minimum absolute atomic E-state index is 0.166. The number of H-pyrrole nitrogens is 1. The number of anilines is 2. The van der Waals surface area contributed by atoms with Crippen LogP contribution < -0.4 is 10.2 Å². The number of carbonyl (C=O) groups is 1. The van der Waals surface area contributed by atoms with Gasteiger partial charge in [0.2, 0.25) is 17.6 Å². The minimum atomic E-state index is -0.473. The van der Waals surface area contributed by atoms with Crippen molar-refractivity contribution in [3.8, 4) is 11.4 Å². The van der Waals surface area contributed by atoms with Gasteiger partial charge < -0.3 is 14.7 Å². The Balaban J connectivity index is 1.40. The van der Waals surface area contributed by atoms with Gasteiger partial charge in [0.25, 0.3) is 0 Å². The van der Waals surface area contributed by atoms with Gasteiger partial charge in [-0.25, -0.2) is 4.39 Å². The van der Waals surface area contributed by atoms with Crippen molar-refractivity contribution in [2.75, 3.05) is 16.8 Å². The van der Waals surface area contributed by atoms with E-state index in [0.29, 0.717) is 48.0 Å². The largest absolute Gasteiger partial charge is 0.357 e. The second kappa shape index (κ2) is 8.41. The molecular weight excluding hydrogens is 411 g/mol. The molecule has 0 spiro atoms. The number of amides is 1. The Hall–Kier alpha value is -3.75. The molecule has 2 aromatic heterocycles. The highest BCUT2D eigenvalue weighted by Gasteiger charge is 2.31. The van der Waals surface area contributed by atoms with Crippen molar-refractivity contribution in [1.82, 2.24) is 20.3 Å². The highest BCUT2D eigenvalue weighted by Crippen LogP contribution is 2.31. The topological polar surface area (TPSA) is 99.9 Å². The van der Waals surface area contributed by atoms with Gasteiger partial charge in [-0.05, 0) is 43.5 Å². The van der Waals surface area contributed by atoms with Crippen LogP contribution in [0, 0.1) is 5.82 Å². The Morgan fingerprint density at radius 1 is 1.31 bits per heavy atom. The van der Waals surface area contributed by atoms with Crippen molar-refractivity contribution >= 4 is 28.2 Å². The number of carbonyl (C=O) groups excluding carboxylic acids is 1. The summed E-state index contributed by atoms with van der Waals surface area (Å²) in [5, 5.41) is 14.8. The molecule has 5 rings (SSSR count). The Labute approximate surface area is 183 Å². The average molecular weight is 434 g/mol. The normalized spacial score (nSPS) is 16.4. The van der Waals surface area contributed by atoms with Gasteiger partial charge in [0, 0.05) is 23.9 Å². The van der Waals surface area contributed by atoms with Crippen molar-refractivity contribution < 1.29 is 13.7 Å². The smallest absolute Gasteiger partial charge is 0.247 e. The SMILES string of the molecule is CCc1nc(-c2ccc(N3CCCCC3C(=O)Nc3cccc4cn[nH]c34)c(F)c2)no1. The summed E-state index contributed by atoms with van der Waals surface area (Å²) in [6, 6.07) is 9.99. The van der Waals surface area contributed by atoms with Gasteiger partial charge in [-0.15, -0.1) is 0 Å². The standard InChI is InChI=1S/C23H23FN6O2/c1-2-20-27-22(29-32-20)14-9-10-18(16(24)12-14)30-11-4-3-8-19(30)23(31)26-17-7-5-6-15-13-25-28-21(15)17/h5-7,9-10,12-13,19H,2-4,8,11H2,1H3,(H,25,28)(H,26,31). The van der Waals surface area contributed by atoms with Crippen LogP contribution in [0.15, 0.2) is 47.1 Å². The van der Waals surface area contributed by atoms with Crippen LogP contribution in [0.25, 0.3) is 22.3 Å². The maximum Gasteiger partial charge on any atom is 0.247 e. The lowest BCUT2D eigenvalue weighted by atomic mass is 9.99. The van der Waals surface area contributed by atoms with Gasteiger partial charge >= 0.3 is 0 Å². The van der Waals surface area contributed by atoms with Crippen molar-refractivity contribution in [3.05, 3.63) is 54.3 Å². The van der Waals surface area contributed by atoms with Crippen LogP contribution in [0.5, 0.6) is 0 Å². The number of rotatable bonds is 5. The van der Waals surface area contributed by atoms with Gasteiger partial charge in [-0.3, -0.25) is 9.89 Å². The predicted octanol–water partition coefficient (Wildman–Crippen LogP) is 4.31. The van der Waals surface area contributed by atoms with Crippen molar-refractivity contribution in [2.24, 2.45) is 0 Å². The first-order valence-corrected chi connectivity index (χ1v) is 10.8. The number of para-hydroxylation sites is 1. The third kappa shape index (κ3) is 3.70. The Morgan fingerprint density at radius 2 is 2.22 bits per heavy atom. The van der Waals surface area contributed by atoms with E-state index in [2.05, 4.69) is 25.7 Å². The molecule has 3 heterocycles. The number of nitrogens with zero attached hydrogens (tertiary/aromatic N) is 4. The number of hydrogen-bond donors (Lipinski definition) is 2. The molecule has 1 fully saturated rings. The molecule has 2 aromatic carbocycles. The fraction of sp³-hybridized carbons (Fsp3) is 0.304. The molecule has 0 radical (unpaired) electrons. The lowest BCUT2D eigenvalue weighted by molar-refractivity contribution is -0.117. The molecule has 1 amide bonds. The van der Waals surface area contributed by atoms with Gasteiger partial charge in [0.15, 0.2) is 0 Å². The molecule has 1 atom stereocenters. The monoisotopic (exact) mass is 434 g/mol. The molecule has 2 N–H and O–H groups in total. The lowest BCUT2D eigenvalue weighted by Crippen LogP contribution is -2.47. The van der Waals surface area contributed by atoms with Crippen LogP contribution in [0.1, 0.15) is 32.1 Å². The number of aryl methyl sites for hydroxylation is 1. The first-order valence-electron chi connectivity index (χ1n) is 10.8. The minimum Gasteiger partial charge on any atom is -0.357 e. The van der Waals surface area contributed by atoms with Gasteiger partial charge in [-0.1, -0.05) is 24.2 Å². The molecule has 4 aromatic rings. The van der Waals surface area contributed by atoms with E-state index < -0.39 is 11.9 Å². The van der Waals surface area contributed by atoms with E-state index in [1.165, 1.54) is 6.07 Å². The molecule has 1 saturated heterocycles. The van der Waals surface area contributed by atoms with E-state index in [-0.39, 0.29) is 5.91 Å². The van der Waals surface area contributed by atoms with E-state index in [4.69, 9.17) is 4.52 Å². The Kier molecular flexibility index (Phi) is 5.30. The molecule has 1 aliphatic rings. The number of benzene rings is 2. The summed E-state index contributed by atoms with van der Waals surface area (Å²) in [7, 11) is 0. The first-order chi connectivity index (χ1) is 15.6. The molecule has 32 heavy (non-hydrogen) atoms. The van der Waals surface area contributed by atoms with E-state index in [1.807, 2.05) is 30.0 Å². The molecule has 0 saturated carbocycles. The van der Waals surface area contributed by atoms with E-state index in [1.54, 1.807) is 18.3 Å². The summed E-state index contributed by atoms with van der Waals surface area (Å²) < 4.78 is 20.3. The predicted molar refractivity (Wildman–Crippen MR) is 119 cm³/mol. The van der Waals surface area contributed by atoms with E-state index >= 15 is 4.39 Å². The fourth-order valence-electron chi connectivity index (χ4n) is 4.18. The first kappa shape index (κ1) is 20.2. The molecule has 0 bridgehead atoms. The molecule has 8 nitrogen and oxygen atoms in total. The summed E-state index contributed by atoms with van der Waals surface area (Å²) in [6.45, 7) is 2.51. The number of aromatic nitrogens is 4. The number of nitrogens with one attached hydrogen (secondary N) is 2. The van der Waals surface area contributed by atoms with Crippen molar-refractivity contribution in [2.45, 2.75) is 38.6 Å². The molecular formula is C23H23FN6O2. The van der Waals surface area contributed by atoms with Crippen LogP contribution in [0.3, 0.4) is 0 Å². The lowest BCUT2D eigenvalue weighted by Gasteiger charge is -2.36. The Morgan fingerprint density at radius 3 is 3.03 bits per heavy atom. The summed E-state index contributed by atoms with van der Waals surface area (Å²) in [5.41, 5.74) is 2.37. The quantitative estimate of drug-likeness (QED) is 0.485. The number of fused-ring (bicyclic) bond motifs is 1. The fourth-order valence-corrected chi connectivity index (χ4v) is 4.18. The van der Waals surface area contributed by atoms with Crippen LogP contribution in [0.4, 0.5) is 15.8 Å². The van der Waals surface area contributed by atoms with Crippen LogP contribution in [0.2, 0.25) is 0 Å². The van der Waals surface area contributed by atoms with Gasteiger partial charge in [-0.2, -0.15) is 10.1 Å². The highest BCUT2D eigenvalue weighted by atomic mass is 19.1. The maximum atomic E-state index is 15.2. The van der Waals surface area contributed by atoms with Crippen molar-refractivity contribution in [3.63, 3.8) is 0 Å². The molecule has 9 heteroatoms. The Bertz CT molecular complexity index is 1270. The zero-order valence-corrected chi connectivity index (χ0v) is 17.6. The molecule has 0 aliphatic carbocycles. The third-order valence-corrected chi connectivity index (χ3v) is 5.83. The summed E-state index contributed by atoms with van der Waals surface area (Å²) in [4.78, 5) is 19.3. The molecule has 164 valence electrons. The van der Waals surface area contributed by atoms with Crippen LogP contribution in [-0.4, -0.2) is 38.8 Å². The summed E-state index contributed by atoms with van der Waals surface area (Å²) >= 11 is 0. The summed E-state index contributed by atoms with van der Waals surface area (Å²) in [5.74, 6) is 0.277. The molecule has 1 aliphatic heterocycles. The van der Waals surface area contributed by atoms with E-state index in [0.717, 1.165) is 23.7 Å². The zero-order valence-electron chi connectivity index (χ0n) is 17.6. The highest BCUT2D eigenvalue weighted by molar-refractivity contribution is 6.03. The van der Waals surface area contributed by atoms with Crippen molar-refractivity contribution in [1.29, 1.82) is 0 Å². The van der Waals surface area contributed by atoms with Crippen LogP contribution >= 0.6 is 0 Å². The number of halogens is 1. The second-order valence-electron chi connectivity index (χ2n) is 7.87. The molecule has 1 unspecified atom stereocenters. The number of hydrogen-bond acceptors (Lipinski definition) is 6. The van der Waals surface area contributed by atoms with E-state index in [9.17, 15) is 4.79 Å². The van der Waals surface area contributed by atoms with Gasteiger partial charge in [0.1, 0.15) is 11.9 Å². The third-order valence-electron chi connectivity index (χ3n) is 5.83. The average Bonchev–Trinajstić information content (AvgIpc) is 3.49.